The Morgan fingerprint density at radius 3 is 2.43 bits per heavy atom. The molecule has 1 saturated carbocycles. The van der Waals surface area contributed by atoms with Gasteiger partial charge in [-0.3, -0.25) is 0 Å². The van der Waals surface area contributed by atoms with Gasteiger partial charge in [-0.05, 0) is 25.3 Å². The van der Waals surface area contributed by atoms with Crippen molar-refractivity contribution in [3.05, 3.63) is 35.5 Å². The van der Waals surface area contributed by atoms with Crippen molar-refractivity contribution in [2.45, 2.75) is 44.4 Å². The number of aromatic nitrogens is 1. The number of aryl methyl sites for hydroxylation is 1. The molecule has 1 aromatic heterocycles. The lowest BCUT2D eigenvalue weighted by Crippen LogP contribution is -2.24. The Kier molecular flexibility index (Phi) is 3.43. The monoisotopic (exact) mass is 292 g/mol. The van der Waals surface area contributed by atoms with Crippen LogP contribution in [0.5, 0.6) is 0 Å². The van der Waals surface area contributed by atoms with Crippen LogP contribution in [0, 0.1) is 6.92 Å². The normalized spacial score (nSPS) is 18.8. The molecule has 1 heterocycles. The first-order valence-electron chi connectivity index (χ1n) is 7.16. The predicted molar refractivity (Wildman–Crippen MR) is 77.2 cm³/mol. The molecular formula is C16H18F2N2O. The molecule has 3 rings (SSSR count). The Morgan fingerprint density at radius 1 is 1.19 bits per heavy atom. The molecule has 1 aliphatic carbocycles. The van der Waals surface area contributed by atoms with Crippen LogP contribution in [-0.2, 0) is 0 Å². The molecule has 1 fully saturated rings. The maximum absolute atomic E-state index is 13.3. The van der Waals surface area contributed by atoms with Crippen molar-refractivity contribution in [2.24, 2.45) is 0 Å². The van der Waals surface area contributed by atoms with Gasteiger partial charge in [0.1, 0.15) is 0 Å². The Bertz CT molecular complexity index is 624. The number of rotatable bonds is 2. The fraction of sp³-hybridized carbons (Fsp3) is 0.438. The number of nitrogens with zero attached hydrogens (tertiary/aromatic N) is 1. The summed E-state index contributed by atoms with van der Waals surface area (Å²) in [5.41, 5.74) is 9.43. The number of benzene rings is 1. The van der Waals surface area contributed by atoms with E-state index in [0.29, 0.717) is 18.5 Å². The van der Waals surface area contributed by atoms with Crippen LogP contribution in [-0.4, -0.2) is 11.1 Å². The van der Waals surface area contributed by atoms with Gasteiger partial charge in [-0.1, -0.05) is 35.0 Å². The quantitative estimate of drug-likeness (QED) is 0.885. The van der Waals surface area contributed by atoms with E-state index in [9.17, 15) is 8.78 Å². The van der Waals surface area contributed by atoms with Gasteiger partial charge in [-0.25, -0.2) is 8.78 Å². The zero-order valence-electron chi connectivity index (χ0n) is 11.9. The smallest absolute Gasteiger partial charge is 0.248 e. The second-order valence-corrected chi connectivity index (χ2v) is 5.80. The summed E-state index contributed by atoms with van der Waals surface area (Å²) in [6, 6.07) is 7.89. The van der Waals surface area contributed by atoms with E-state index in [1.54, 1.807) is 0 Å². The lowest BCUT2D eigenvalue weighted by atomic mass is 9.82. The maximum atomic E-state index is 13.3. The van der Waals surface area contributed by atoms with E-state index in [1.165, 1.54) is 0 Å². The Hall–Kier alpha value is -1.91. The van der Waals surface area contributed by atoms with Gasteiger partial charge in [0.25, 0.3) is 0 Å². The molecule has 0 atom stereocenters. The summed E-state index contributed by atoms with van der Waals surface area (Å²) in [5.74, 6) is -2.30. The van der Waals surface area contributed by atoms with Crippen molar-refractivity contribution in [1.29, 1.82) is 0 Å². The highest BCUT2D eigenvalue weighted by Gasteiger charge is 2.37. The average Bonchev–Trinajstić information content (AvgIpc) is 2.82. The highest BCUT2D eigenvalue weighted by Crippen LogP contribution is 2.44. The van der Waals surface area contributed by atoms with Crippen LogP contribution in [0.4, 0.5) is 14.7 Å². The van der Waals surface area contributed by atoms with Gasteiger partial charge in [-0.2, -0.15) is 0 Å². The zero-order chi connectivity index (χ0) is 15.0. The summed E-state index contributed by atoms with van der Waals surface area (Å²) < 4.78 is 31.7. The van der Waals surface area contributed by atoms with E-state index in [4.69, 9.17) is 10.3 Å². The van der Waals surface area contributed by atoms with Crippen molar-refractivity contribution in [3.8, 4) is 11.1 Å². The first-order valence-corrected chi connectivity index (χ1v) is 7.16. The van der Waals surface area contributed by atoms with Gasteiger partial charge in [-0.15, -0.1) is 0 Å². The van der Waals surface area contributed by atoms with Crippen molar-refractivity contribution in [3.63, 3.8) is 0 Å². The van der Waals surface area contributed by atoms with E-state index >= 15 is 0 Å². The Morgan fingerprint density at radius 2 is 1.81 bits per heavy atom. The molecule has 1 aromatic carbocycles. The van der Waals surface area contributed by atoms with E-state index in [-0.39, 0.29) is 24.6 Å². The fourth-order valence-electron chi connectivity index (χ4n) is 2.92. The van der Waals surface area contributed by atoms with Gasteiger partial charge >= 0.3 is 0 Å². The molecule has 1 aliphatic rings. The van der Waals surface area contributed by atoms with Gasteiger partial charge < -0.3 is 10.3 Å². The molecule has 0 radical (unpaired) electrons. The van der Waals surface area contributed by atoms with Crippen LogP contribution in [0.1, 0.15) is 42.9 Å². The summed E-state index contributed by atoms with van der Waals surface area (Å²) in [4.78, 5) is 0. The topological polar surface area (TPSA) is 52.0 Å². The second-order valence-electron chi connectivity index (χ2n) is 5.80. The summed E-state index contributed by atoms with van der Waals surface area (Å²) in [6.07, 6.45) is 0.630. The number of nitrogen functional groups attached to an aromatic ring is 1. The second kappa shape index (κ2) is 5.13. The number of hydrogen-bond donors (Lipinski definition) is 1. The highest BCUT2D eigenvalue weighted by molar-refractivity contribution is 5.75. The standard InChI is InChI=1S/C16H18F2N2O/c1-10-2-4-11(5-3-10)13-14(20-21-15(13)19)12-6-8-16(17,18)9-7-12/h2-5,12H,6-9,19H2,1H3. The van der Waals surface area contributed by atoms with Crippen LogP contribution in [0.2, 0.25) is 0 Å². The van der Waals surface area contributed by atoms with E-state index in [2.05, 4.69) is 5.16 Å². The minimum absolute atomic E-state index is 0.0121. The molecule has 0 saturated heterocycles. The zero-order valence-corrected chi connectivity index (χ0v) is 11.9. The van der Waals surface area contributed by atoms with Crippen LogP contribution >= 0.6 is 0 Å². The SMILES string of the molecule is Cc1ccc(-c2c(C3CCC(F)(F)CC3)noc2N)cc1. The third kappa shape index (κ3) is 2.77. The predicted octanol–water partition coefficient (Wildman–Crippen LogP) is 4.53. The van der Waals surface area contributed by atoms with Crippen molar-refractivity contribution >= 4 is 5.88 Å². The number of hydrogen-bond acceptors (Lipinski definition) is 3. The van der Waals surface area contributed by atoms with E-state index in [0.717, 1.165) is 16.7 Å². The van der Waals surface area contributed by atoms with Crippen molar-refractivity contribution < 1.29 is 13.3 Å². The molecule has 0 unspecified atom stereocenters. The highest BCUT2D eigenvalue weighted by atomic mass is 19.3. The molecule has 2 N–H and O–H groups in total. The van der Waals surface area contributed by atoms with Crippen LogP contribution in [0.3, 0.4) is 0 Å². The molecule has 21 heavy (non-hydrogen) atoms. The largest absolute Gasteiger partial charge is 0.367 e. The molecule has 0 bridgehead atoms. The van der Waals surface area contributed by atoms with E-state index < -0.39 is 5.92 Å². The van der Waals surface area contributed by atoms with Gasteiger partial charge in [0, 0.05) is 18.8 Å². The van der Waals surface area contributed by atoms with Gasteiger partial charge in [0.15, 0.2) is 0 Å². The maximum Gasteiger partial charge on any atom is 0.248 e. The van der Waals surface area contributed by atoms with Crippen LogP contribution in [0.15, 0.2) is 28.8 Å². The first-order chi connectivity index (χ1) is 9.96. The Labute approximate surface area is 122 Å². The fourth-order valence-corrected chi connectivity index (χ4v) is 2.92. The summed E-state index contributed by atoms with van der Waals surface area (Å²) >= 11 is 0. The number of anilines is 1. The average molecular weight is 292 g/mol. The van der Waals surface area contributed by atoms with E-state index in [1.807, 2.05) is 31.2 Å². The summed E-state index contributed by atoms with van der Waals surface area (Å²) in [5, 5.41) is 4.04. The molecule has 3 nitrogen and oxygen atoms in total. The summed E-state index contributed by atoms with van der Waals surface area (Å²) in [7, 11) is 0. The third-order valence-corrected chi connectivity index (χ3v) is 4.19. The van der Waals surface area contributed by atoms with Crippen LogP contribution < -0.4 is 5.73 Å². The van der Waals surface area contributed by atoms with Crippen LogP contribution in [0.25, 0.3) is 11.1 Å². The molecule has 112 valence electrons. The first kappa shape index (κ1) is 14.0. The molecule has 0 aliphatic heterocycles. The van der Waals surface area contributed by atoms with Gasteiger partial charge in [0.2, 0.25) is 11.8 Å². The molecular weight excluding hydrogens is 274 g/mol. The number of halogens is 2. The molecule has 0 amide bonds. The minimum atomic E-state index is -2.55. The Balaban J connectivity index is 1.92. The lowest BCUT2D eigenvalue weighted by molar-refractivity contribution is -0.0386. The lowest BCUT2D eigenvalue weighted by Gasteiger charge is -2.27. The molecule has 5 heteroatoms. The number of alkyl halides is 2. The number of nitrogens with two attached hydrogens (primary N) is 1. The summed E-state index contributed by atoms with van der Waals surface area (Å²) in [6.45, 7) is 2.00. The molecule has 2 aromatic rings. The molecule has 0 spiro atoms. The van der Waals surface area contributed by atoms with Crippen molar-refractivity contribution in [1.82, 2.24) is 5.16 Å². The third-order valence-electron chi connectivity index (χ3n) is 4.19. The minimum Gasteiger partial charge on any atom is -0.367 e. The van der Waals surface area contributed by atoms with Crippen molar-refractivity contribution in [2.75, 3.05) is 5.73 Å². The van der Waals surface area contributed by atoms with Gasteiger partial charge in [0.05, 0.1) is 11.3 Å².